The number of anilines is 6. The molecule has 7 aromatic rings. The lowest BCUT2D eigenvalue weighted by atomic mass is 10.1. The number of hydrogen-bond acceptors (Lipinski definition) is 16. The van der Waals surface area contributed by atoms with E-state index in [9.17, 15) is 38.4 Å². The Bertz CT molecular complexity index is 3240. The first-order valence-corrected chi connectivity index (χ1v) is 21.8. The summed E-state index contributed by atoms with van der Waals surface area (Å²) in [5.74, 6) is -5.33. The van der Waals surface area contributed by atoms with Crippen LogP contribution in [-0.2, 0) is 42.3 Å². The van der Waals surface area contributed by atoms with E-state index in [2.05, 4.69) is 72.4 Å². The maximum atomic E-state index is 13.2. The molecular formula is C44H44N22O8. The summed E-state index contributed by atoms with van der Waals surface area (Å²) in [6.45, 7) is 0.263. The zero-order valence-electron chi connectivity index (χ0n) is 40.1. The number of carbonyl (C=O) groups excluding carboxylic acids is 8. The van der Waals surface area contributed by atoms with Crippen LogP contribution in [0.4, 0.5) is 34.9 Å². The molecule has 6 aromatic heterocycles. The Balaban J connectivity index is 0.896. The quantitative estimate of drug-likeness (QED) is 0.0553. The highest BCUT2D eigenvalue weighted by Crippen LogP contribution is 2.18. The van der Waals surface area contributed by atoms with Gasteiger partial charge in [-0.3, -0.25) is 38.4 Å². The minimum atomic E-state index is -0.715. The van der Waals surface area contributed by atoms with Crippen molar-refractivity contribution in [2.45, 2.75) is 12.8 Å². The van der Waals surface area contributed by atoms with E-state index in [0.29, 0.717) is 0 Å². The summed E-state index contributed by atoms with van der Waals surface area (Å²) >= 11 is 0. The van der Waals surface area contributed by atoms with Gasteiger partial charge in [0.2, 0.25) is 34.9 Å². The number of carbonyl (C=O) groups is 8. The second-order valence-corrected chi connectivity index (χ2v) is 16.0. The van der Waals surface area contributed by atoms with Gasteiger partial charge in [-0.2, -0.15) is 10.5 Å². The third kappa shape index (κ3) is 11.8. The average Bonchev–Trinajstić information content (AvgIpc) is 4.22. The Kier molecular flexibility index (Phi) is 15.1. The molecule has 0 saturated heterocycles. The molecule has 0 aliphatic heterocycles. The van der Waals surface area contributed by atoms with E-state index in [1.807, 2.05) is 12.1 Å². The molecule has 0 aliphatic carbocycles. The van der Waals surface area contributed by atoms with Gasteiger partial charge in [0.05, 0.1) is 25.0 Å². The summed E-state index contributed by atoms with van der Waals surface area (Å²) in [6.07, 6.45) is 8.66. The molecule has 30 nitrogen and oxygen atoms in total. The van der Waals surface area contributed by atoms with Crippen molar-refractivity contribution < 1.29 is 38.4 Å². The van der Waals surface area contributed by atoms with E-state index in [-0.39, 0.29) is 107 Å². The molecule has 7 rings (SSSR count). The van der Waals surface area contributed by atoms with E-state index < -0.39 is 47.3 Å². The van der Waals surface area contributed by atoms with Crippen molar-refractivity contribution in [1.29, 1.82) is 10.5 Å². The third-order valence-electron chi connectivity index (χ3n) is 10.4. The normalized spacial score (nSPS) is 10.6. The standard InChI is InChI=1S/C44H44N22O8/c1-61-19-27(49-31(61)39(69)47-15-7-13-45)57-43(73)35-53-29(21-65(35)5)59-41(71)33-51-25(17-63(33)3)55-37(67)23-9-11-24(12-10-23)38(68)56-26-18-64(4)34(52-26)42(72)60-30-22-66(6)36(54-30)44(74)58-28-20-62(2)32(50-28)40(70)48-16-8-14-46/h9-12,17-22H,7-8,15-16H2,1-6H3,(H,47,69)(H,48,70)(H,55,67)(H,56,68)(H,57,73)(H,58,74)(H,59,71)(H,60,72). The van der Waals surface area contributed by atoms with Gasteiger partial charge in [0.15, 0.2) is 34.9 Å². The Morgan fingerprint density at radius 1 is 0.365 bits per heavy atom. The van der Waals surface area contributed by atoms with Gasteiger partial charge >= 0.3 is 0 Å². The Hall–Kier alpha value is -10.8. The van der Waals surface area contributed by atoms with Crippen LogP contribution in [0.3, 0.4) is 0 Å². The Labute approximate surface area is 417 Å². The summed E-state index contributed by atoms with van der Waals surface area (Å²) in [6, 6.07) is 9.41. The summed E-state index contributed by atoms with van der Waals surface area (Å²) in [5, 5.41) is 38.0. The van der Waals surface area contributed by atoms with Gasteiger partial charge in [0.1, 0.15) is 0 Å². The van der Waals surface area contributed by atoms with Crippen molar-refractivity contribution in [2.75, 3.05) is 45.0 Å². The second-order valence-electron chi connectivity index (χ2n) is 16.0. The van der Waals surface area contributed by atoms with Crippen molar-refractivity contribution in [3.63, 3.8) is 0 Å². The number of rotatable bonds is 18. The molecule has 6 heterocycles. The first kappa shape index (κ1) is 51.1. The molecule has 0 radical (unpaired) electrons. The summed E-state index contributed by atoms with van der Waals surface area (Å²) in [4.78, 5) is 129. The van der Waals surface area contributed by atoms with Crippen LogP contribution in [0.5, 0.6) is 0 Å². The fourth-order valence-corrected chi connectivity index (χ4v) is 6.89. The van der Waals surface area contributed by atoms with Gasteiger partial charge in [0, 0.05) is 104 Å². The Morgan fingerprint density at radius 2 is 0.568 bits per heavy atom. The maximum absolute atomic E-state index is 13.2. The topological polar surface area (TPSA) is 387 Å². The van der Waals surface area contributed by atoms with Crippen LogP contribution >= 0.6 is 0 Å². The fraction of sp³-hybridized carbons (Fsp3) is 0.227. The lowest BCUT2D eigenvalue weighted by Crippen LogP contribution is -2.27. The van der Waals surface area contributed by atoms with Crippen LogP contribution < -0.4 is 42.5 Å². The molecular weight excluding hydrogens is 965 g/mol. The van der Waals surface area contributed by atoms with Crippen molar-refractivity contribution in [3.8, 4) is 12.1 Å². The molecule has 0 aliphatic rings. The van der Waals surface area contributed by atoms with Crippen molar-refractivity contribution >= 4 is 82.2 Å². The van der Waals surface area contributed by atoms with Crippen LogP contribution in [0.2, 0.25) is 0 Å². The minimum absolute atomic E-state index is 0.00570. The maximum Gasteiger partial charge on any atom is 0.292 e. The number of amides is 8. The molecule has 0 spiro atoms. The van der Waals surface area contributed by atoms with E-state index in [1.54, 1.807) is 14.1 Å². The molecule has 0 fully saturated rings. The number of imidazole rings is 6. The number of nitrogens with zero attached hydrogens (tertiary/aromatic N) is 14. The van der Waals surface area contributed by atoms with Gasteiger partial charge in [0.25, 0.3) is 47.3 Å². The molecule has 8 amide bonds. The zero-order chi connectivity index (χ0) is 53.4. The lowest BCUT2D eigenvalue weighted by Gasteiger charge is -2.05. The molecule has 378 valence electrons. The van der Waals surface area contributed by atoms with E-state index in [4.69, 9.17) is 10.5 Å². The van der Waals surface area contributed by atoms with E-state index in [0.717, 1.165) is 0 Å². The van der Waals surface area contributed by atoms with Crippen LogP contribution in [0.15, 0.2) is 61.4 Å². The van der Waals surface area contributed by atoms with Gasteiger partial charge in [-0.1, -0.05) is 0 Å². The number of aryl methyl sites for hydroxylation is 6. The SMILES string of the molecule is Cn1cc(NC(=O)c2nc(NC(=O)c3nc(NC(=O)c4ccc(C(=O)Nc5cn(C)c(C(=O)Nc6cn(C)c(C(=O)Nc7cn(C)c(C(=O)NCCC#N)n7)n6)n5)cc4)cn3C)cn2C)nc1C(=O)NCCC#N. The summed E-state index contributed by atoms with van der Waals surface area (Å²) in [7, 11) is 9.23. The Morgan fingerprint density at radius 3 is 0.784 bits per heavy atom. The second kappa shape index (κ2) is 21.9. The molecule has 0 saturated carbocycles. The highest BCUT2D eigenvalue weighted by Gasteiger charge is 2.24. The molecule has 8 N–H and O–H groups in total. The third-order valence-corrected chi connectivity index (χ3v) is 10.4. The lowest BCUT2D eigenvalue weighted by molar-refractivity contribution is 0.0933. The van der Waals surface area contributed by atoms with Gasteiger partial charge in [-0.25, -0.2) is 29.9 Å². The predicted molar refractivity (Wildman–Crippen MR) is 259 cm³/mol. The van der Waals surface area contributed by atoms with Gasteiger partial charge in [-0.15, -0.1) is 0 Å². The average molecular weight is 1010 g/mol. The first-order valence-electron chi connectivity index (χ1n) is 21.8. The number of nitriles is 2. The molecule has 0 atom stereocenters. The van der Waals surface area contributed by atoms with Gasteiger partial charge < -0.3 is 69.9 Å². The largest absolute Gasteiger partial charge is 0.348 e. The molecule has 1 aromatic carbocycles. The van der Waals surface area contributed by atoms with Crippen LogP contribution in [0.1, 0.15) is 97.3 Å². The number of benzene rings is 1. The van der Waals surface area contributed by atoms with Crippen molar-refractivity contribution in [3.05, 3.63) is 108 Å². The van der Waals surface area contributed by atoms with Crippen LogP contribution in [-0.4, -0.2) is 118 Å². The van der Waals surface area contributed by atoms with Crippen molar-refractivity contribution in [1.82, 2.24) is 67.9 Å². The highest BCUT2D eigenvalue weighted by atomic mass is 16.2. The molecule has 74 heavy (non-hydrogen) atoms. The predicted octanol–water partition coefficient (Wildman–Crippen LogP) is 0.888. The molecule has 0 unspecified atom stereocenters. The van der Waals surface area contributed by atoms with Crippen molar-refractivity contribution in [2.24, 2.45) is 42.3 Å². The smallest absolute Gasteiger partial charge is 0.292 e. The highest BCUT2D eigenvalue weighted by molar-refractivity contribution is 6.09. The minimum Gasteiger partial charge on any atom is -0.348 e. The molecule has 30 heteroatoms. The monoisotopic (exact) mass is 1010 g/mol. The summed E-state index contributed by atoms with van der Waals surface area (Å²) in [5.41, 5.74) is 0.286. The fourth-order valence-electron chi connectivity index (χ4n) is 6.89. The number of aromatic nitrogens is 12. The van der Waals surface area contributed by atoms with E-state index in [1.165, 1.54) is 117 Å². The first-order chi connectivity index (χ1) is 35.3. The van der Waals surface area contributed by atoms with Crippen LogP contribution in [0.25, 0.3) is 0 Å². The van der Waals surface area contributed by atoms with E-state index >= 15 is 0 Å². The number of nitrogens with one attached hydrogen (secondary N) is 8. The number of hydrogen-bond donors (Lipinski definition) is 8. The molecule has 0 bridgehead atoms. The summed E-state index contributed by atoms with van der Waals surface area (Å²) < 4.78 is 8.26. The zero-order valence-corrected chi connectivity index (χ0v) is 40.1. The van der Waals surface area contributed by atoms with Crippen LogP contribution in [0, 0.1) is 22.7 Å². The van der Waals surface area contributed by atoms with Gasteiger partial charge in [-0.05, 0) is 24.3 Å².